The van der Waals surface area contributed by atoms with Gasteiger partial charge in [0, 0.05) is 36.9 Å². The molecule has 2 aliphatic rings. The van der Waals surface area contributed by atoms with Crippen LogP contribution in [0.15, 0.2) is 212 Å². The van der Waals surface area contributed by atoms with E-state index in [4.69, 9.17) is 15.0 Å². The van der Waals surface area contributed by atoms with E-state index in [0.29, 0.717) is 17.5 Å². The van der Waals surface area contributed by atoms with Crippen molar-refractivity contribution >= 4 is 31.5 Å². The number of rotatable bonds is 5. The second kappa shape index (κ2) is 13.6. The first-order valence-corrected chi connectivity index (χ1v) is 21.9. The Morgan fingerprint density at radius 1 is 0.274 bits per heavy atom. The van der Waals surface area contributed by atoms with Gasteiger partial charge in [0.15, 0.2) is 17.5 Å². The number of hydrogen-bond donors (Lipinski definition) is 0. The van der Waals surface area contributed by atoms with Crippen molar-refractivity contribution in [2.75, 3.05) is 0 Å². The van der Waals surface area contributed by atoms with Crippen molar-refractivity contribution in [2.45, 2.75) is 5.41 Å². The molecule has 3 nitrogen and oxygen atoms in total. The quantitative estimate of drug-likeness (QED) is 0.174. The monoisotopic (exact) mass is 805 g/mol. The van der Waals surface area contributed by atoms with Gasteiger partial charge in [-0.15, -0.1) is 11.3 Å². The first-order valence-electron chi connectivity index (χ1n) is 21.1. The van der Waals surface area contributed by atoms with Gasteiger partial charge in [0.1, 0.15) is 0 Å². The van der Waals surface area contributed by atoms with E-state index < -0.39 is 0 Å². The van der Waals surface area contributed by atoms with Crippen molar-refractivity contribution in [1.82, 2.24) is 15.0 Å². The number of aromatic nitrogens is 3. The van der Waals surface area contributed by atoms with Crippen LogP contribution in [0.2, 0.25) is 0 Å². The maximum Gasteiger partial charge on any atom is 0.164 e. The summed E-state index contributed by atoms with van der Waals surface area (Å²) in [5.41, 5.74) is 18.0. The summed E-state index contributed by atoms with van der Waals surface area (Å²) in [6, 6.07) is 76.9. The molecule has 11 aromatic rings. The Labute approximate surface area is 363 Å². The molecule has 0 amide bonds. The van der Waals surface area contributed by atoms with Gasteiger partial charge in [-0.1, -0.05) is 182 Å². The molecule has 0 atom stereocenters. The molecule has 2 aliphatic carbocycles. The van der Waals surface area contributed by atoms with Crippen LogP contribution in [0.1, 0.15) is 22.3 Å². The lowest BCUT2D eigenvalue weighted by Crippen LogP contribution is -2.25. The molecule has 0 unspecified atom stereocenters. The third-order valence-electron chi connectivity index (χ3n) is 13.0. The Morgan fingerprint density at radius 2 is 0.694 bits per heavy atom. The second-order valence-corrected chi connectivity index (χ2v) is 17.4. The molecule has 0 bridgehead atoms. The molecule has 0 fully saturated rings. The van der Waals surface area contributed by atoms with Crippen LogP contribution in [0.4, 0.5) is 0 Å². The number of hydrogen-bond acceptors (Lipinski definition) is 4. The maximum absolute atomic E-state index is 5.08. The molecule has 0 N–H and O–H groups in total. The third-order valence-corrected chi connectivity index (χ3v) is 14.1. The molecule has 4 heteroatoms. The van der Waals surface area contributed by atoms with Gasteiger partial charge < -0.3 is 0 Å². The molecule has 0 radical (unpaired) electrons. The SMILES string of the molecule is c1ccc(-c2nc(-c3ccc(-c4ccc(-c5ccc6c(c5)-c5ccccc5C65c6ccccc6-c6ccccc65)cc4)cc3)nc(-c3ccc4sc5ccccc5c4c3)n2)cc1. The second-order valence-electron chi connectivity index (χ2n) is 16.3. The molecule has 0 saturated carbocycles. The van der Waals surface area contributed by atoms with E-state index in [1.54, 1.807) is 0 Å². The zero-order valence-corrected chi connectivity index (χ0v) is 34.3. The van der Waals surface area contributed by atoms with Crippen molar-refractivity contribution in [3.8, 4) is 78.7 Å². The summed E-state index contributed by atoms with van der Waals surface area (Å²) in [4.78, 5) is 15.1. The van der Waals surface area contributed by atoms with Gasteiger partial charge in [0.05, 0.1) is 5.41 Å². The molecular weight excluding hydrogens is 771 g/mol. The Kier molecular flexibility index (Phi) is 7.69. The van der Waals surface area contributed by atoms with Gasteiger partial charge >= 0.3 is 0 Å². The Bertz CT molecular complexity index is 3520. The lowest BCUT2D eigenvalue weighted by molar-refractivity contribution is 0.794. The Hall–Kier alpha value is -7.79. The highest BCUT2D eigenvalue weighted by molar-refractivity contribution is 7.25. The lowest BCUT2D eigenvalue weighted by atomic mass is 9.70. The van der Waals surface area contributed by atoms with Crippen LogP contribution >= 0.6 is 11.3 Å². The van der Waals surface area contributed by atoms with Crippen LogP contribution in [-0.2, 0) is 5.41 Å². The predicted molar refractivity (Wildman–Crippen MR) is 256 cm³/mol. The molecule has 2 heterocycles. The van der Waals surface area contributed by atoms with Crippen molar-refractivity contribution in [1.29, 1.82) is 0 Å². The van der Waals surface area contributed by atoms with E-state index >= 15 is 0 Å². The zero-order valence-electron chi connectivity index (χ0n) is 33.5. The largest absolute Gasteiger partial charge is 0.208 e. The molecule has 13 rings (SSSR count). The van der Waals surface area contributed by atoms with Gasteiger partial charge in [-0.3, -0.25) is 0 Å². The van der Waals surface area contributed by atoms with Crippen molar-refractivity contribution in [3.05, 3.63) is 235 Å². The highest BCUT2D eigenvalue weighted by atomic mass is 32.1. The van der Waals surface area contributed by atoms with Crippen molar-refractivity contribution < 1.29 is 0 Å². The van der Waals surface area contributed by atoms with E-state index in [1.165, 1.54) is 75.8 Å². The van der Waals surface area contributed by atoms with Crippen LogP contribution in [0.5, 0.6) is 0 Å². The zero-order chi connectivity index (χ0) is 40.8. The van der Waals surface area contributed by atoms with Gasteiger partial charge in [0.25, 0.3) is 0 Å². The molecule has 62 heavy (non-hydrogen) atoms. The smallest absolute Gasteiger partial charge is 0.164 e. The fraction of sp³-hybridized carbons (Fsp3) is 0.0172. The van der Waals surface area contributed by atoms with Crippen LogP contribution < -0.4 is 0 Å². The highest BCUT2D eigenvalue weighted by Crippen LogP contribution is 2.63. The van der Waals surface area contributed by atoms with E-state index in [9.17, 15) is 0 Å². The number of nitrogens with zero attached hydrogens (tertiary/aromatic N) is 3. The summed E-state index contributed by atoms with van der Waals surface area (Å²) in [5.74, 6) is 1.97. The summed E-state index contributed by atoms with van der Waals surface area (Å²) in [6.45, 7) is 0. The number of fused-ring (bicyclic) bond motifs is 13. The van der Waals surface area contributed by atoms with Crippen LogP contribution in [0.3, 0.4) is 0 Å². The minimum atomic E-state index is -0.326. The first kappa shape index (κ1) is 35.0. The summed E-state index contributed by atoms with van der Waals surface area (Å²) in [5, 5.41) is 2.47. The molecule has 1 spiro atoms. The number of benzene rings is 9. The molecule has 9 aromatic carbocycles. The minimum absolute atomic E-state index is 0.326. The van der Waals surface area contributed by atoms with Crippen LogP contribution in [-0.4, -0.2) is 15.0 Å². The minimum Gasteiger partial charge on any atom is -0.208 e. The van der Waals surface area contributed by atoms with Crippen molar-refractivity contribution in [3.63, 3.8) is 0 Å². The van der Waals surface area contributed by atoms with E-state index in [1.807, 2.05) is 29.5 Å². The average molecular weight is 806 g/mol. The lowest BCUT2D eigenvalue weighted by Gasteiger charge is -2.30. The summed E-state index contributed by atoms with van der Waals surface area (Å²) >= 11 is 1.81. The fourth-order valence-corrected chi connectivity index (χ4v) is 11.2. The average Bonchev–Trinajstić information content (AvgIpc) is 3.98. The summed E-state index contributed by atoms with van der Waals surface area (Å²) in [7, 11) is 0. The molecule has 2 aromatic heterocycles. The number of thiophene rings is 1. The first-order chi connectivity index (χ1) is 30.7. The standard InChI is InChI=1S/C58H35N3S/c1-2-12-39(13-3-1)55-59-56(61-57(60-55)42-31-33-54-48(35-42)46-17-7-11-21-53(46)62-54)40-28-26-37(27-29-40)36-22-24-38(25-23-36)41-30-32-52-47(34-41)45-16-6-10-20-51(45)58(52)49-18-8-4-14-43(49)44-15-5-9-19-50(44)58/h1-35H. The summed E-state index contributed by atoms with van der Waals surface area (Å²) < 4.78 is 2.53. The molecule has 0 saturated heterocycles. The Balaban J connectivity index is 0.839. The normalized spacial score (nSPS) is 13.0. The maximum atomic E-state index is 5.08. The highest BCUT2D eigenvalue weighted by Gasteiger charge is 2.51. The van der Waals surface area contributed by atoms with Gasteiger partial charge in [0.2, 0.25) is 0 Å². The predicted octanol–water partition coefficient (Wildman–Crippen LogP) is 14.9. The van der Waals surface area contributed by atoms with E-state index in [2.05, 4.69) is 194 Å². The van der Waals surface area contributed by atoms with Crippen molar-refractivity contribution in [2.24, 2.45) is 0 Å². The van der Waals surface area contributed by atoms with Crippen LogP contribution in [0.25, 0.3) is 98.8 Å². The fourth-order valence-electron chi connectivity index (χ4n) is 10.2. The van der Waals surface area contributed by atoms with Gasteiger partial charge in [-0.2, -0.15) is 0 Å². The molecule has 0 aliphatic heterocycles. The van der Waals surface area contributed by atoms with E-state index in [-0.39, 0.29) is 5.41 Å². The third kappa shape index (κ3) is 5.20. The molecule has 288 valence electrons. The van der Waals surface area contributed by atoms with E-state index in [0.717, 1.165) is 27.8 Å². The molecular formula is C58H35N3S. The Morgan fingerprint density at radius 3 is 1.32 bits per heavy atom. The van der Waals surface area contributed by atoms with Gasteiger partial charge in [-0.25, -0.2) is 15.0 Å². The summed E-state index contributed by atoms with van der Waals surface area (Å²) in [6.07, 6.45) is 0. The van der Waals surface area contributed by atoms with Crippen LogP contribution in [0, 0.1) is 0 Å². The topological polar surface area (TPSA) is 38.7 Å². The van der Waals surface area contributed by atoms with Gasteiger partial charge in [-0.05, 0) is 97.1 Å².